The zero-order chi connectivity index (χ0) is 22.6. The first kappa shape index (κ1) is 22.7. The van der Waals surface area contributed by atoms with Gasteiger partial charge in [0.15, 0.2) is 12.4 Å². The maximum absolute atomic E-state index is 12.6. The molecule has 0 spiro atoms. The van der Waals surface area contributed by atoms with Crippen molar-refractivity contribution in [3.05, 3.63) is 57.6 Å². The second kappa shape index (κ2) is 9.44. The van der Waals surface area contributed by atoms with Crippen LogP contribution in [0.3, 0.4) is 0 Å². The Morgan fingerprint density at radius 1 is 1.13 bits per heavy atom. The first-order valence-electron chi connectivity index (χ1n) is 10.1. The highest BCUT2D eigenvalue weighted by atomic mass is 32.2. The van der Waals surface area contributed by atoms with Crippen LogP contribution >= 0.6 is 0 Å². The third-order valence-electron chi connectivity index (χ3n) is 5.21. The monoisotopic (exact) mass is 447 g/mol. The van der Waals surface area contributed by atoms with E-state index in [0.717, 1.165) is 25.3 Å². The van der Waals surface area contributed by atoms with Crippen molar-refractivity contribution < 1.29 is 22.9 Å². The van der Waals surface area contributed by atoms with Crippen LogP contribution in [0.15, 0.2) is 41.3 Å². The predicted molar refractivity (Wildman–Crippen MR) is 116 cm³/mol. The summed E-state index contributed by atoms with van der Waals surface area (Å²) in [5, 5.41) is 14.2. The molecule has 1 N–H and O–H groups in total. The number of anilines is 1. The van der Waals surface area contributed by atoms with Crippen LogP contribution in [0.2, 0.25) is 0 Å². The lowest BCUT2D eigenvalue weighted by molar-refractivity contribution is -0.386. The van der Waals surface area contributed by atoms with Gasteiger partial charge in [-0.15, -0.1) is 0 Å². The summed E-state index contributed by atoms with van der Waals surface area (Å²) in [5.74, 6) is -0.639. The van der Waals surface area contributed by atoms with E-state index in [2.05, 4.69) is 5.32 Å². The minimum Gasteiger partial charge on any atom is -0.477 e. The molecule has 31 heavy (non-hydrogen) atoms. The van der Waals surface area contributed by atoms with Crippen molar-refractivity contribution in [1.82, 2.24) is 4.31 Å². The number of hydrogen-bond donors (Lipinski definition) is 1. The number of nitro groups is 1. The molecule has 1 amide bonds. The molecular weight excluding hydrogens is 422 g/mol. The van der Waals surface area contributed by atoms with E-state index < -0.39 is 33.1 Å². The maximum Gasteiger partial charge on any atom is 0.312 e. The van der Waals surface area contributed by atoms with Gasteiger partial charge in [-0.1, -0.05) is 19.9 Å². The SMILES string of the molecule is CCN(CC)S(=O)(=O)c1ccc(OCC(=O)Nc2ccc3c(c2)CCC3)c([N+](=O)[O-])c1. The van der Waals surface area contributed by atoms with Crippen LogP contribution in [-0.4, -0.2) is 43.2 Å². The third-order valence-corrected chi connectivity index (χ3v) is 7.26. The van der Waals surface area contributed by atoms with Crippen molar-refractivity contribution >= 4 is 27.3 Å². The van der Waals surface area contributed by atoms with Crippen LogP contribution in [0.5, 0.6) is 5.75 Å². The molecule has 0 aromatic heterocycles. The topological polar surface area (TPSA) is 119 Å². The van der Waals surface area contributed by atoms with Crippen LogP contribution in [0.25, 0.3) is 0 Å². The number of carbonyl (C=O) groups is 1. The quantitative estimate of drug-likeness (QED) is 0.466. The van der Waals surface area contributed by atoms with E-state index in [4.69, 9.17) is 4.74 Å². The van der Waals surface area contributed by atoms with Crippen LogP contribution in [0.4, 0.5) is 11.4 Å². The second-order valence-corrected chi connectivity index (χ2v) is 9.09. The molecule has 2 aromatic rings. The number of carbonyl (C=O) groups excluding carboxylic acids is 1. The molecule has 1 aliphatic rings. The molecular formula is C21H25N3O6S. The molecule has 2 aromatic carbocycles. The molecule has 0 radical (unpaired) electrons. The Balaban J connectivity index is 1.72. The van der Waals surface area contributed by atoms with Gasteiger partial charge >= 0.3 is 5.69 Å². The van der Waals surface area contributed by atoms with E-state index in [0.29, 0.717) is 5.69 Å². The van der Waals surface area contributed by atoms with Gasteiger partial charge in [0.25, 0.3) is 5.91 Å². The van der Waals surface area contributed by atoms with Gasteiger partial charge in [-0.2, -0.15) is 4.31 Å². The zero-order valence-corrected chi connectivity index (χ0v) is 18.3. The van der Waals surface area contributed by atoms with Crippen molar-refractivity contribution in [2.75, 3.05) is 25.0 Å². The van der Waals surface area contributed by atoms with E-state index >= 15 is 0 Å². The number of nitrogens with one attached hydrogen (secondary N) is 1. The molecule has 0 aliphatic heterocycles. The summed E-state index contributed by atoms with van der Waals surface area (Å²) >= 11 is 0. The summed E-state index contributed by atoms with van der Waals surface area (Å²) < 4.78 is 31.8. The minimum atomic E-state index is -3.86. The van der Waals surface area contributed by atoms with Crippen LogP contribution in [0, 0.1) is 10.1 Å². The molecule has 0 atom stereocenters. The Hall–Kier alpha value is -2.98. The highest BCUT2D eigenvalue weighted by Gasteiger charge is 2.26. The lowest BCUT2D eigenvalue weighted by Gasteiger charge is -2.18. The smallest absolute Gasteiger partial charge is 0.312 e. The van der Waals surface area contributed by atoms with Gasteiger partial charge in [-0.3, -0.25) is 14.9 Å². The van der Waals surface area contributed by atoms with Gasteiger partial charge in [0.2, 0.25) is 10.0 Å². The van der Waals surface area contributed by atoms with Crippen molar-refractivity contribution in [2.24, 2.45) is 0 Å². The summed E-state index contributed by atoms with van der Waals surface area (Å²) in [6.07, 6.45) is 3.11. The Kier molecular flexibility index (Phi) is 6.91. The van der Waals surface area contributed by atoms with Gasteiger partial charge in [-0.05, 0) is 54.7 Å². The van der Waals surface area contributed by atoms with Crippen LogP contribution in [0.1, 0.15) is 31.4 Å². The molecule has 0 saturated heterocycles. The van der Waals surface area contributed by atoms with Gasteiger partial charge in [0.05, 0.1) is 9.82 Å². The fourth-order valence-corrected chi connectivity index (χ4v) is 5.10. The van der Waals surface area contributed by atoms with E-state index in [9.17, 15) is 23.3 Å². The van der Waals surface area contributed by atoms with E-state index in [1.54, 1.807) is 13.8 Å². The van der Waals surface area contributed by atoms with Crippen LogP contribution in [-0.2, 0) is 27.7 Å². The van der Waals surface area contributed by atoms with Gasteiger partial charge < -0.3 is 10.1 Å². The highest BCUT2D eigenvalue weighted by Crippen LogP contribution is 2.31. The average molecular weight is 448 g/mol. The number of nitrogens with zero attached hydrogens (tertiary/aromatic N) is 2. The first-order valence-corrected chi connectivity index (χ1v) is 11.5. The van der Waals surface area contributed by atoms with Crippen LogP contribution < -0.4 is 10.1 Å². The third kappa shape index (κ3) is 5.02. The average Bonchev–Trinajstić information content (AvgIpc) is 3.20. The number of ether oxygens (including phenoxy) is 1. The van der Waals surface area contributed by atoms with E-state index in [1.807, 2.05) is 18.2 Å². The normalized spacial score (nSPS) is 13.1. The molecule has 9 nitrogen and oxygen atoms in total. The number of fused-ring (bicyclic) bond motifs is 1. The Morgan fingerprint density at radius 2 is 1.84 bits per heavy atom. The molecule has 0 heterocycles. The number of aryl methyl sites for hydroxylation is 2. The van der Waals surface area contributed by atoms with Crippen molar-refractivity contribution in [3.8, 4) is 5.75 Å². The van der Waals surface area contributed by atoms with Crippen molar-refractivity contribution in [2.45, 2.75) is 38.0 Å². The molecule has 0 fully saturated rings. The van der Waals surface area contributed by atoms with Gasteiger partial charge in [0.1, 0.15) is 0 Å². The lowest BCUT2D eigenvalue weighted by Crippen LogP contribution is -2.30. The number of rotatable bonds is 9. The Bertz CT molecular complexity index is 1100. The number of benzene rings is 2. The lowest BCUT2D eigenvalue weighted by atomic mass is 10.1. The second-order valence-electron chi connectivity index (χ2n) is 7.15. The fourth-order valence-electron chi connectivity index (χ4n) is 3.62. The summed E-state index contributed by atoms with van der Waals surface area (Å²) in [6.45, 7) is 3.42. The molecule has 3 rings (SSSR count). The maximum atomic E-state index is 12.6. The summed E-state index contributed by atoms with van der Waals surface area (Å²) in [7, 11) is -3.86. The Labute approximate surface area is 181 Å². The van der Waals surface area contributed by atoms with Gasteiger partial charge in [0, 0.05) is 24.8 Å². The standard InChI is InChI=1S/C21H25N3O6S/c1-3-23(4-2)31(28,29)18-10-11-20(19(13-18)24(26)27)30-14-21(25)22-17-9-8-15-6-5-7-16(15)12-17/h8-13H,3-7,14H2,1-2H3,(H,22,25). The molecule has 10 heteroatoms. The van der Waals surface area contributed by atoms with Crippen molar-refractivity contribution in [1.29, 1.82) is 0 Å². The molecule has 166 valence electrons. The number of sulfonamides is 1. The molecule has 0 saturated carbocycles. The molecule has 0 unspecified atom stereocenters. The first-order chi connectivity index (χ1) is 14.8. The number of nitro benzene ring substituents is 1. The summed E-state index contributed by atoms with van der Waals surface area (Å²) in [5.41, 5.74) is 2.62. The summed E-state index contributed by atoms with van der Waals surface area (Å²) in [6, 6.07) is 9.14. The van der Waals surface area contributed by atoms with E-state index in [-0.39, 0.29) is 23.7 Å². The van der Waals surface area contributed by atoms with Crippen molar-refractivity contribution in [3.63, 3.8) is 0 Å². The molecule has 0 bridgehead atoms. The molecule has 1 aliphatic carbocycles. The minimum absolute atomic E-state index is 0.174. The van der Waals surface area contributed by atoms with E-state index in [1.165, 1.54) is 27.6 Å². The highest BCUT2D eigenvalue weighted by molar-refractivity contribution is 7.89. The predicted octanol–water partition coefficient (Wildman–Crippen LogP) is 3.13. The fraction of sp³-hybridized carbons (Fsp3) is 0.381. The number of hydrogen-bond acceptors (Lipinski definition) is 6. The summed E-state index contributed by atoms with van der Waals surface area (Å²) in [4.78, 5) is 22.8. The van der Waals surface area contributed by atoms with Gasteiger partial charge in [-0.25, -0.2) is 8.42 Å². The number of amides is 1. The zero-order valence-electron chi connectivity index (χ0n) is 17.5. The Morgan fingerprint density at radius 3 is 2.52 bits per heavy atom. The largest absolute Gasteiger partial charge is 0.477 e.